The monoisotopic (exact) mass is 349 g/mol. The molecule has 0 atom stereocenters. The summed E-state index contributed by atoms with van der Waals surface area (Å²) in [6, 6.07) is 11.5. The van der Waals surface area contributed by atoms with Crippen LogP contribution >= 0.6 is 0 Å². The van der Waals surface area contributed by atoms with Gasteiger partial charge in [0.1, 0.15) is 11.3 Å². The number of phenols is 1. The van der Waals surface area contributed by atoms with Crippen molar-refractivity contribution in [3.8, 4) is 5.75 Å². The van der Waals surface area contributed by atoms with Gasteiger partial charge in [0.25, 0.3) is 0 Å². The number of benzene rings is 2. The zero-order valence-corrected chi connectivity index (χ0v) is 14.8. The van der Waals surface area contributed by atoms with E-state index in [4.69, 9.17) is 4.42 Å². The number of amides is 1. The van der Waals surface area contributed by atoms with Gasteiger partial charge in [0, 0.05) is 17.5 Å². The molecule has 0 fully saturated rings. The third-order valence-corrected chi connectivity index (χ3v) is 5.12. The molecule has 0 unspecified atom stereocenters. The van der Waals surface area contributed by atoms with Crippen LogP contribution in [0.15, 0.2) is 47.1 Å². The number of fused-ring (bicyclic) bond motifs is 2. The zero-order valence-electron chi connectivity index (χ0n) is 14.8. The minimum atomic E-state index is 0.0268. The first-order chi connectivity index (χ1) is 12.7. The van der Waals surface area contributed by atoms with Gasteiger partial charge in [-0.15, -0.1) is 0 Å². The molecule has 0 saturated heterocycles. The van der Waals surface area contributed by atoms with E-state index in [1.54, 1.807) is 18.4 Å². The normalized spacial score (nSPS) is 13.1. The molecule has 2 N–H and O–H groups in total. The Morgan fingerprint density at radius 3 is 2.69 bits per heavy atom. The molecule has 0 aliphatic heterocycles. The average Bonchev–Trinajstić information content (AvgIpc) is 3.25. The maximum atomic E-state index is 12.3. The number of aromatic hydroxyl groups is 1. The van der Waals surface area contributed by atoms with Crippen LogP contribution < -0.4 is 5.32 Å². The van der Waals surface area contributed by atoms with Crippen LogP contribution in [0.1, 0.15) is 35.1 Å². The first-order valence-corrected chi connectivity index (χ1v) is 9.25. The van der Waals surface area contributed by atoms with Crippen LogP contribution in [0.25, 0.3) is 11.0 Å². The first-order valence-electron chi connectivity index (χ1n) is 9.25. The lowest BCUT2D eigenvalue weighted by atomic mass is 10.0. The molecule has 0 saturated carbocycles. The fourth-order valence-electron chi connectivity index (χ4n) is 3.70. The van der Waals surface area contributed by atoms with Crippen molar-refractivity contribution in [2.24, 2.45) is 0 Å². The van der Waals surface area contributed by atoms with Crippen molar-refractivity contribution < 1.29 is 14.3 Å². The number of hydrogen-bond acceptors (Lipinski definition) is 3. The maximum absolute atomic E-state index is 12.3. The highest BCUT2D eigenvalue weighted by molar-refractivity contribution is 5.88. The Morgan fingerprint density at radius 2 is 1.88 bits per heavy atom. The number of phenolic OH excluding ortho intramolecular Hbond substituents is 1. The highest BCUT2D eigenvalue weighted by atomic mass is 16.3. The van der Waals surface area contributed by atoms with Gasteiger partial charge in [0.2, 0.25) is 5.91 Å². The van der Waals surface area contributed by atoms with Gasteiger partial charge in [-0.3, -0.25) is 4.79 Å². The van der Waals surface area contributed by atoms with Gasteiger partial charge in [-0.2, -0.15) is 0 Å². The average molecular weight is 349 g/mol. The quantitative estimate of drug-likeness (QED) is 0.663. The van der Waals surface area contributed by atoms with Crippen LogP contribution in [0.2, 0.25) is 0 Å². The topological polar surface area (TPSA) is 62.5 Å². The Bertz CT molecular complexity index is 924. The fraction of sp³-hybridized carbons (Fsp3) is 0.318. The van der Waals surface area contributed by atoms with Crippen LogP contribution in [-0.4, -0.2) is 17.6 Å². The molecule has 0 bridgehead atoms. The molecule has 1 aliphatic carbocycles. The molecule has 1 heterocycles. The fourth-order valence-corrected chi connectivity index (χ4v) is 3.70. The van der Waals surface area contributed by atoms with Gasteiger partial charge in [-0.25, -0.2) is 0 Å². The van der Waals surface area contributed by atoms with Gasteiger partial charge in [0.05, 0.1) is 12.7 Å². The molecule has 26 heavy (non-hydrogen) atoms. The number of nitrogens with one attached hydrogen (secondary N) is 1. The Morgan fingerprint density at radius 1 is 1.12 bits per heavy atom. The van der Waals surface area contributed by atoms with E-state index in [-0.39, 0.29) is 11.7 Å². The van der Waals surface area contributed by atoms with Gasteiger partial charge >= 0.3 is 0 Å². The van der Waals surface area contributed by atoms with E-state index in [9.17, 15) is 9.90 Å². The van der Waals surface area contributed by atoms with E-state index < -0.39 is 0 Å². The SMILES string of the molecule is O=C(Cc1coc2cc3c(cc12)CCC3)NCCCc1ccc(O)cc1. The van der Waals surface area contributed by atoms with E-state index in [0.717, 1.165) is 47.8 Å². The number of aryl methyl sites for hydroxylation is 3. The molecule has 4 heteroatoms. The third-order valence-electron chi connectivity index (χ3n) is 5.12. The van der Waals surface area contributed by atoms with Crippen LogP contribution in [0.4, 0.5) is 0 Å². The Labute approximate surface area is 152 Å². The summed E-state index contributed by atoms with van der Waals surface area (Å²) in [6.07, 6.45) is 7.28. The predicted octanol–water partition coefficient (Wildman–Crippen LogP) is 3.92. The molecule has 2 aromatic carbocycles. The lowest BCUT2D eigenvalue weighted by Crippen LogP contribution is -2.26. The smallest absolute Gasteiger partial charge is 0.224 e. The van der Waals surface area contributed by atoms with Crippen molar-refractivity contribution >= 4 is 16.9 Å². The Hall–Kier alpha value is -2.75. The van der Waals surface area contributed by atoms with Crippen LogP contribution in [0.3, 0.4) is 0 Å². The third kappa shape index (κ3) is 3.59. The zero-order chi connectivity index (χ0) is 17.9. The summed E-state index contributed by atoms with van der Waals surface area (Å²) in [4.78, 5) is 12.3. The van der Waals surface area contributed by atoms with Gasteiger partial charge in [-0.05, 0) is 73.1 Å². The number of carbonyl (C=O) groups excluding carboxylic acids is 1. The summed E-state index contributed by atoms with van der Waals surface area (Å²) < 4.78 is 5.67. The molecule has 3 aromatic rings. The molecular weight excluding hydrogens is 326 g/mol. The van der Waals surface area contributed by atoms with Crippen LogP contribution in [0.5, 0.6) is 5.75 Å². The summed E-state index contributed by atoms with van der Waals surface area (Å²) in [5.41, 5.74) is 5.80. The summed E-state index contributed by atoms with van der Waals surface area (Å²) in [5, 5.41) is 13.3. The first kappa shape index (κ1) is 16.7. The van der Waals surface area contributed by atoms with E-state index >= 15 is 0 Å². The lowest BCUT2D eigenvalue weighted by molar-refractivity contribution is -0.120. The minimum Gasteiger partial charge on any atom is -0.508 e. The molecule has 0 radical (unpaired) electrons. The summed E-state index contributed by atoms with van der Waals surface area (Å²) in [6.45, 7) is 0.644. The second-order valence-electron chi connectivity index (χ2n) is 7.03. The molecule has 1 aliphatic rings. The van der Waals surface area contributed by atoms with E-state index in [1.807, 2.05) is 12.1 Å². The molecular formula is C22H23NO3. The largest absolute Gasteiger partial charge is 0.508 e. The molecule has 4 nitrogen and oxygen atoms in total. The van der Waals surface area contributed by atoms with E-state index in [0.29, 0.717) is 13.0 Å². The predicted molar refractivity (Wildman–Crippen MR) is 101 cm³/mol. The van der Waals surface area contributed by atoms with E-state index in [1.165, 1.54) is 17.5 Å². The molecule has 1 amide bonds. The van der Waals surface area contributed by atoms with Gasteiger partial charge < -0.3 is 14.8 Å². The highest BCUT2D eigenvalue weighted by Gasteiger charge is 2.16. The number of carbonyl (C=O) groups is 1. The maximum Gasteiger partial charge on any atom is 0.224 e. The van der Waals surface area contributed by atoms with Crippen LogP contribution in [0, 0.1) is 0 Å². The van der Waals surface area contributed by atoms with Gasteiger partial charge in [0.15, 0.2) is 0 Å². The van der Waals surface area contributed by atoms with Crippen LogP contribution in [-0.2, 0) is 30.5 Å². The molecule has 1 aromatic heterocycles. The summed E-state index contributed by atoms with van der Waals surface area (Å²) >= 11 is 0. The lowest BCUT2D eigenvalue weighted by Gasteiger charge is -2.05. The second-order valence-corrected chi connectivity index (χ2v) is 7.03. The van der Waals surface area contributed by atoms with E-state index in [2.05, 4.69) is 17.4 Å². The Kier molecular flexibility index (Phi) is 4.65. The van der Waals surface area contributed by atoms with Crippen molar-refractivity contribution in [2.45, 2.75) is 38.5 Å². The molecule has 134 valence electrons. The van der Waals surface area contributed by atoms with Crippen molar-refractivity contribution in [3.63, 3.8) is 0 Å². The molecule has 4 rings (SSSR count). The van der Waals surface area contributed by atoms with Crippen molar-refractivity contribution in [3.05, 3.63) is 64.9 Å². The number of rotatable bonds is 6. The van der Waals surface area contributed by atoms with Crippen molar-refractivity contribution in [2.75, 3.05) is 6.54 Å². The summed E-state index contributed by atoms with van der Waals surface area (Å²) in [5.74, 6) is 0.305. The summed E-state index contributed by atoms with van der Waals surface area (Å²) in [7, 11) is 0. The second kappa shape index (κ2) is 7.24. The standard InChI is InChI=1S/C22H23NO3/c24-19-8-6-15(7-9-19)3-2-10-23-22(25)13-18-14-26-21-12-17-5-1-4-16(17)11-20(18)21/h6-9,11-12,14,24H,1-5,10,13H2,(H,23,25). The highest BCUT2D eigenvalue weighted by Crippen LogP contribution is 2.30. The number of furan rings is 1. The molecule has 0 spiro atoms. The minimum absolute atomic E-state index is 0.0268. The Balaban J connectivity index is 1.31. The van der Waals surface area contributed by atoms with Crippen molar-refractivity contribution in [1.82, 2.24) is 5.32 Å². The number of hydrogen-bond donors (Lipinski definition) is 2. The van der Waals surface area contributed by atoms with Gasteiger partial charge in [-0.1, -0.05) is 12.1 Å². The van der Waals surface area contributed by atoms with Crippen molar-refractivity contribution in [1.29, 1.82) is 0 Å².